The summed E-state index contributed by atoms with van der Waals surface area (Å²) in [5.74, 6) is 2.54. The molecule has 0 radical (unpaired) electrons. The van der Waals surface area contributed by atoms with Crippen molar-refractivity contribution >= 4 is 11.3 Å². The summed E-state index contributed by atoms with van der Waals surface area (Å²) in [7, 11) is 0. The molecule has 0 spiro atoms. The van der Waals surface area contributed by atoms with E-state index in [0.717, 1.165) is 24.3 Å². The molecule has 1 N–H and O–H groups in total. The number of rotatable bonds is 4. The number of hydrogen-bond acceptors (Lipinski definition) is 2. The summed E-state index contributed by atoms with van der Waals surface area (Å²) < 4.78 is 0. The lowest BCUT2D eigenvalue weighted by molar-refractivity contribution is 0.242. The molecule has 0 aromatic carbocycles. The second-order valence-electron chi connectivity index (χ2n) is 5.52. The van der Waals surface area contributed by atoms with Crippen molar-refractivity contribution in [2.24, 2.45) is 11.8 Å². The van der Waals surface area contributed by atoms with Crippen LogP contribution in [0, 0.1) is 18.8 Å². The third kappa shape index (κ3) is 3.11. The van der Waals surface area contributed by atoms with Gasteiger partial charge in [-0.2, -0.15) is 0 Å². The maximum absolute atomic E-state index is 3.55. The Labute approximate surface area is 110 Å². The molecule has 3 atom stereocenters. The third-order valence-electron chi connectivity index (χ3n) is 4.21. The maximum atomic E-state index is 3.55. The van der Waals surface area contributed by atoms with Gasteiger partial charge in [-0.3, -0.25) is 0 Å². The molecule has 1 fully saturated rings. The molecular weight excluding hydrogens is 226 g/mol. The highest BCUT2D eigenvalue weighted by molar-refractivity contribution is 7.10. The Morgan fingerprint density at radius 2 is 2.24 bits per heavy atom. The van der Waals surface area contributed by atoms with Crippen LogP contribution in [0.15, 0.2) is 11.4 Å². The van der Waals surface area contributed by atoms with Crippen LogP contribution in [0.3, 0.4) is 0 Å². The minimum atomic E-state index is 0.795. The van der Waals surface area contributed by atoms with E-state index < -0.39 is 0 Å². The highest BCUT2D eigenvalue weighted by Crippen LogP contribution is 2.42. The number of hydrogen-bond donors (Lipinski definition) is 1. The van der Waals surface area contributed by atoms with Gasteiger partial charge >= 0.3 is 0 Å². The molecule has 3 unspecified atom stereocenters. The van der Waals surface area contributed by atoms with Gasteiger partial charge < -0.3 is 5.32 Å². The summed E-state index contributed by atoms with van der Waals surface area (Å²) in [5.41, 5.74) is 1.63. The Morgan fingerprint density at radius 1 is 1.41 bits per heavy atom. The van der Waals surface area contributed by atoms with E-state index in [-0.39, 0.29) is 0 Å². The summed E-state index contributed by atoms with van der Waals surface area (Å²) >= 11 is 1.90. The van der Waals surface area contributed by atoms with E-state index in [1.165, 1.54) is 30.7 Å². The Hall–Kier alpha value is -0.340. The van der Waals surface area contributed by atoms with Crippen molar-refractivity contribution in [3.63, 3.8) is 0 Å². The van der Waals surface area contributed by atoms with Gasteiger partial charge in [-0.25, -0.2) is 0 Å². The van der Waals surface area contributed by atoms with E-state index in [1.54, 1.807) is 5.56 Å². The van der Waals surface area contributed by atoms with Crippen LogP contribution >= 0.6 is 11.3 Å². The van der Waals surface area contributed by atoms with Crippen LogP contribution < -0.4 is 5.32 Å². The monoisotopic (exact) mass is 251 g/mol. The second-order valence-corrected chi connectivity index (χ2v) is 6.64. The molecule has 1 aliphatic carbocycles. The molecule has 1 aliphatic rings. The normalized spacial score (nSPS) is 29.5. The Kier molecular flexibility index (Phi) is 4.63. The first kappa shape index (κ1) is 13.1. The fourth-order valence-corrected chi connectivity index (χ4v) is 3.95. The minimum Gasteiger partial charge on any atom is -0.317 e. The van der Waals surface area contributed by atoms with Gasteiger partial charge in [0, 0.05) is 4.88 Å². The molecule has 1 heterocycles. The molecule has 17 heavy (non-hydrogen) atoms. The van der Waals surface area contributed by atoms with Gasteiger partial charge in [-0.1, -0.05) is 20.3 Å². The first-order valence-corrected chi connectivity index (χ1v) is 7.85. The fourth-order valence-electron chi connectivity index (χ4n) is 3.18. The van der Waals surface area contributed by atoms with Crippen molar-refractivity contribution < 1.29 is 0 Å². The molecule has 1 nitrogen and oxygen atoms in total. The summed E-state index contributed by atoms with van der Waals surface area (Å²) in [4.78, 5) is 1.53. The zero-order valence-electron chi connectivity index (χ0n) is 11.3. The minimum absolute atomic E-state index is 0.795. The third-order valence-corrected chi connectivity index (χ3v) is 5.07. The van der Waals surface area contributed by atoms with Gasteiger partial charge in [0.2, 0.25) is 0 Å². The van der Waals surface area contributed by atoms with Crippen LogP contribution in [-0.2, 0) is 0 Å². The van der Waals surface area contributed by atoms with Gasteiger partial charge in [0.25, 0.3) is 0 Å². The summed E-state index contributed by atoms with van der Waals surface area (Å²) in [5, 5.41) is 5.81. The molecule has 1 aromatic heterocycles. The predicted octanol–water partition coefficient (Wildman–Crippen LogP) is 4.19. The van der Waals surface area contributed by atoms with Crippen LogP contribution in [-0.4, -0.2) is 13.1 Å². The van der Waals surface area contributed by atoms with Gasteiger partial charge in [0.05, 0.1) is 0 Å². The molecule has 2 rings (SSSR count). The van der Waals surface area contributed by atoms with Crippen LogP contribution in [0.5, 0.6) is 0 Å². The Morgan fingerprint density at radius 3 is 2.88 bits per heavy atom. The van der Waals surface area contributed by atoms with E-state index in [4.69, 9.17) is 0 Å². The summed E-state index contributed by atoms with van der Waals surface area (Å²) in [6.07, 6.45) is 4.19. The van der Waals surface area contributed by atoms with Crippen LogP contribution in [0.4, 0.5) is 0 Å². The van der Waals surface area contributed by atoms with E-state index in [2.05, 4.69) is 37.5 Å². The quantitative estimate of drug-likeness (QED) is 0.846. The molecule has 0 saturated heterocycles. The molecule has 0 amide bonds. The van der Waals surface area contributed by atoms with Crippen molar-refractivity contribution in [3.8, 4) is 0 Å². The Bertz CT molecular complexity index is 342. The number of nitrogens with one attached hydrogen (secondary N) is 1. The van der Waals surface area contributed by atoms with Crippen LogP contribution in [0.2, 0.25) is 0 Å². The van der Waals surface area contributed by atoms with E-state index in [9.17, 15) is 0 Å². The van der Waals surface area contributed by atoms with Gasteiger partial charge in [-0.05, 0) is 67.6 Å². The second kappa shape index (κ2) is 6.01. The topological polar surface area (TPSA) is 12.0 Å². The SMILES string of the molecule is CCNCC1CCC(C)CC1c1ccsc1C. The van der Waals surface area contributed by atoms with E-state index in [1.807, 2.05) is 11.3 Å². The lowest BCUT2D eigenvalue weighted by Crippen LogP contribution is -2.31. The predicted molar refractivity (Wildman–Crippen MR) is 76.8 cm³/mol. The van der Waals surface area contributed by atoms with Gasteiger partial charge in [0.1, 0.15) is 0 Å². The highest BCUT2D eigenvalue weighted by atomic mass is 32.1. The van der Waals surface area contributed by atoms with Gasteiger partial charge in [-0.15, -0.1) is 11.3 Å². The first-order chi connectivity index (χ1) is 8.22. The summed E-state index contributed by atoms with van der Waals surface area (Å²) in [6.45, 7) is 9.20. The van der Waals surface area contributed by atoms with Gasteiger partial charge in [0.15, 0.2) is 0 Å². The maximum Gasteiger partial charge on any atom is 0.00491 e. The number of aryl methyl sites for hydroxylation is 1. The zero-order valence-corrected chi connectivity index (χ0v) is 12.1. The fraction of sp³-hybridized carbons (Fsp3) is 0.733. The molecule has 0 aliphatic heterocycles. The molecule has 1 saturated carbocycles. The van der Waals surface area contributed by atoms with Crippen molar-refractivity contribution in [1.29, 1.82) is 0 Å². The molecule has 0 bridgehead atoms. The summed E-state index contributed by atoms with van der Waals surface area (Å²) in [6, 6.07) is 2.36. The van der Waals surface area contributed by atoms with E-state index in [0.29, 0.717) is 0 Å². The average Bonchev–Trinajstić information content (AvgIpc) is 2.74. The molecular formula is C15H25NS. The zero-order chi connectivity index (χ0) is 12.3. The van der Waals surface area contributed by atoms with Crippen molar-refractivity contribution in [2.75, 3.05) is 13.1 Å². The smallest absolute Gasteiger partial charge is 0.00491 e. The van der Waals surface area contributed by atoms with Crippen LogP contribution in [0.1, 0.15) is 49.5 Å². The molecule has 1 aromatic rings. The number of thiophene rings is 1. The lowest BCUT2D eigenvalue weighted by atomic mass is 9.71. The first-order valence-electron chi connectivity index (χ1n) is 6.97. The highest BCUT2D eigenvalue weighted by Gasteiger charge is 2.30. The van der Waals surface area contributed by atoms with E-state index >= 15 is 0 Å². The van der Waals surface area contributed by atoms with Crippen molar-refractivity contribution in [2.45, 2.75) is 46.0 Å². The molecule has 2 heteroatoms. The van der Waals surface area contributed by atoms with Crippen molar-refractivity contribution in [3.05, 3.63) is 21.9 Å². The molecule has 96 valence electrons. The largest absolute Gasteiger partial charge is 0.317 e. The lowest BCUT2D eigenvalue weighted by Gasteiger charge is -2.35. The van der Waals surface area contributed by atoms with Crippen molar-refractivity contribution in [1.82, 2.24) is 5.32 Å². The van der Waals surface area contributed by atoms with Crippen LogP contribution in [0.25, 0.3) is 0 Å². The standard InChI is InChI=1S/C15H25NS/c1-4-16-10-13-6-5-11(2)9-15(13)14-7-8-17-12(14)3/h7-8,11,13,15-16H,4-6,9-10H2,1-3H3. The average molecular weight is 251 g/mol. The Balaban J connectivity index is 2.11.